The lowest BCUT2D eigenvalue weighted by atomic mass is 9.49. The average Bonchev–Trinajstić information content (AvgIpc) is 3.38. The van der Waals surface area contributed by atoms with Gasteiger partial charge in [0.15, 0.2) is 0 Å². The molecule has 182 valence electrons. The third kappa shape index (κ3) is 2.62. The van der Waals surface area contributed by atoms with Crippen molar-refractivity contribution >= 4 is 58.0 Å². The summed E-state index contributed by atoms with van der Waals surface area (Å²) in [5, 5.41) is 5.82. The standard InChI is InChI=1S/C35H30BNSi/c1-35(2)27-15-7-5-13-23(27)25-21-22-26-24-14-6-10-18-30(24)37(34(26)33(25)35)36-28-16-8-11-19-31(28)38(3,4)32-20-12-9-17-29(32)36/h5-22H,1-4H3. The highest BCUT2D eigenvalue weighted by atomic mass is 28.3. The maximum atomic E-state index is 2.71. The Morgan fingerprint density at radius 3 is 1.95 bits per heavy atom. The molecule has 3 heteroatoms. The average molecular weight is 504 g/mol. The van der Waals surface area contributed by atoms with Crippen LogP contribution in [0.3, 0.4) is 0 Å². The molecular weight excluding hydrogens is 473 g/mol. The Morgan fingerprint density at radius 1 is 0.605 bits per heavy atom. The fraction of sp³-hybridized carbons (Fsp3) is 0.143. The second-order valence-electron chi connectivity index (χ2n) is 12.1. The van der Waals surface area contributed by atoms with Gasteiger partial charge in [0.2, 0.25) is 0 Å². The van der Waals surface area contributed by atoms with E-state index in [4.69, 9.17) is 0 Å². The largest absolute Gasteiger partial charge is 0.376 e. The van der Waals surface area contributed by atoms with E-state index in [0.29, 0.717) is 0 Å². The quantitative estimate of drug-likeness (QED) is 0.247. The predicted molar refractivity (Wildman–Crippen MR) is 167 cm³/mol. The molecular formula is C35H30BNSi. The van der Waals surface area contributed by atoms with Crippen LogP contribution in [-0.4, -0.2) is 19.4 Å². The first-order valence-corrected chi connectivity index (χ1v) is 16.8. The Bertz CT molecular complexity index is 1890. The Hall–Kier alpha value is -3.82. The summed E-state index contributed by atoms with van der Waals surface area (Å²) >= 11 is 0. The minimum Gasteiger partial charge on any atom is -0.376 e. The molecule has 0 spiro atoms. The van der Waals surface area contributed by atoms with E-state index in [1.807, 2.05) is 0 Å². The van der Waals surface area contributed by atoms with Gasteiger partial charge in [-0.2, -0.15) is 0 Å². The van der Waals surface area contributed by atoms with Gasteiger partial charge in [0.05, 0.1) is 0 Å². The molecule has 8 rings (SSSR count). The first-order valence-electron chi connectivity index (χ1n) is 13.8. The molecule has 2 heterocycles. The number of rotatable bonds is 1. The molecule has 1 nitrogen and oxygen atoms in total. The topological polar surface area (TPSA) is 4.93 Å². The van der Waals surface area contributed by atoms with Crippen LogP contribution in [0.25, 0.3) is 32.9 Å². The van der Waals surface area contributed by atoms with Crippen LogP contribution in [0.2, 0.25) is 13.1 Å². The van der Waals surface area contributed by atoms with Crippen molar-refractivity contribution < 1.29 is 0 Å². The fourth-order valence-corrected chi connectivity index (χ4v) is 11.0. The smallest absolute Gasteiger partial charge is 0.327 e. The van der Waals surface area contributed by atoms with E-state index < -0.39 is 8.07 Å². The lowest BCUT2D eigenvalue weighted by molar-refractivity contribution is 0.664. The molecule has 1 aromatic heterocycles. The molecule has 0 amide bonds. The molecule has 0 atom stereocenters. The van der Waals surface area contributed by atoms with Crippen molar-refractivity contribution in [2.45, 2.75) is 32.4 Å². The first kappa shape index (κ1) is 22.2. The molecule has 0 bridgehead atoms. The van der Waals surface area contributed by atoms with Crippen molar-refractivity contribution in [1.29, 1.82) is 0 Å². The van der Waals surface area contributed by atoms with Crippen molar-refractivity contribution in [3.63, 3.8) is 0 Å². The van der Waals surface area contributed by atoms with Crippen LogP contribution < -0.4 is 21.3 Å². The zero-order chi connectivity index (χ0) is 25.8. The van der Waals surface area contributed by atoms with Crippen molar-refractivity contribution in [2.75, 3.05) is 0 Å². The van der Waals surface area contributed by atoms with Crippen LogP contribution in [-0.2, 0) is 5.41 Å². The predicted octanol–water partition coefficient (Wildman–Crippen LogP) is 5.89. The molecule has 0 saturated heterocycles. The van der Waals surface area contributed by atoms with E-state index in [-0.39, 0.29) is 12.3 Å². The van der Waals surface area contributed by atoms with Gasteiger partial charge < -0.3 is 4.48 Å². The van der Waals surface area contributed by atoms with Crippen LogP contribution in [0.4, 0.5) is 0 Å². The van der Waals surface area contributed by atoms with Crippen molar-refractivity contribution in [3.05, 3.63) is 120 Å². The van der Waals surface area contributed by atoms with E-state index in [0.717, 1.165) is 0 Å². The SMILES string of the molecule is CC1(C)c2ccccc2-c2ccc3c4ccccc4n(B4c5ccccc5[Si](C)(C)c5ccccc54)c3c21. The number of hydrogen-bond donors (Lipinski definition) is 0. The monoisotopic (exact) mass is 503 g/mol. The van der Waals surface area contributed by atoms with E-state index in [1.165, 1.54) is 55.0 Å². The normalized spacial score (nSPS) is 16.3. The maximum absolute atomic E-state index is 2.71. The van der Waals surface area contributed by atoms with Crippen LogP contribution >= 0.6 is 0 Å². The molecule has 38 heavy (non-hydrogen) atoms. The highest BCUT2D eigenvalue weighted by molar-refractivity contribution is 7.11. The zero-order valence-corrected chi connectivity index (χ0v) is 23.4. The number of nitrogens with zero attached hydrogens (tertiary/aromatic N) is 1. The van der Waals surface area contributed by atoms with Gasteiger partial charge in [0.1, 0.15) is 8.07 Å². The first-order chi connectivity index (χ1) is 18.4. The molecule has 0 N–H and O–H groups in total. The van der Waals surface area contributed by atoms with Crippen LogP contribution in [0.5, 0.6) is 0 Å². The summed E-state index contributed by atoms with van der Waals surface area (Å²) in [4.78, 5) is 0. The number of hydrogen-bond acceptors (Lipinski definition) is 0. The van der Waals surface area contributed by atoms with Gasteiger partial charge in [-0.25, -0.2) is 0 Å². The summed E-state index contributed by atoms with van der Waals surface area (Å²) in [6.07, 6.45) is 0. The van der Waals surface area contributed by atoms with Crippen LogP contribution in [0.1, 0.15) is 25.0 Å². The van der Waals surface area contributed by atoms with Gasteiger partial charge in [-0.1, -0.05) is 151 Å². The second kappa shape index (κ2) is 7.39. The highest BCUT2D eigenvalue weighted by Gasteiger charge is 2.44. The van der Waals surface area contributed by atoms with E-state index in [1.54, 1.807) is 10.4 Å². The summed E-state index contributed by atoms with van der Waals surface area (Å²) in [5.74, 6) is 0. The van der Waals surface area contributed by atoms with Gasteiger partial charge in [-0.15, -0.1) is 0 Å². The van der Waals surface area contributed by atoms with Crippen molar-refractivity contribution in [1.82, 2.24) is 4.48 Å². The van der Waals surface area contributed by atoms with Gasteiger partial charge in [-0.05, 0) is 28.3 Å². The van der Waals surface area contributed by atoms with Crippen LogP contribution in [0, 0.1) is 0 Å². The zero-order valence-electron chi connectivity index (χ0n) is 22.4. The molecule has 5 aromatic carbocycles. The second-order valence-corrected chi connectivity index (χ2v) is 16.5. The minimum absolute atomic E-state index is 0.0840. The van der Waals surface area contributed by atoms with Gasteiger partial charge in [0.25, 0.3) is 0 Å². The van der Waals surface area contributed by atoms with E-state index in [9.17, 15) is 0 Å². The Morgan fingerprint density at radius 2 is 1.21 bits per heavy atom. The maximum Gasteiger partial charge on any atom is 0.327 e. The Kier molecular flexibility index (Phi) is 4.32. The summed E-state index contributed by atoms with van der Waals surface area (Å²) in [5.41, 5.74) is 11.2. The third-order valence-corrected chi connectivity index (χ3v) is 13.1. The van der Waals surface area contributed by atoms with E-state index in [2.05, 4.69) is 141 Å². The number of aromatic nitrogens is 1. The lowest BCUT2D eigenvalue weighted by Gasteiger charge is -2.38. The molecule has 2 aliphatic rings. The number of benzene rings is 5. The number of fused-ring (bicyclic) bond motifs is 9. The third-order valence-electron chi connectivity index (χ3n) is 9.50. The molecule has 6 aromatic rings. The summed E-state index contributed by atoms with van der Waals surface area (Å²) in [6.45, 7) is 10.0. The summed E-state index contributed by atoms with van der Waals surface area (Å²) in [7, 11) is -1.84. The van der Waals surface area contributed by atoms with Crippen molar-refractivity contribution in [3.8, 4) is 11.1 Å². The highest BCUT2D eigenvalue weighted by Crippen LogP contribution is 2.52. The molecule has 0 radical (unpaired) electrons. The lowest BCUT2D eigenvalue weighted by Crippen LogP contribution is -2.75. The molecule has 0 fully saturated rings. The van der Waals surface area contributed by atoms with E-state index >= 15 is 0 Å². The molecule has 0 unspecified atom stereocenters. The van der Waals surface area contributed by atoms with Gasteiger partial charge in [0, 0.05) is 27.2 Å². The molecule has 0 saturated carbocycles. The fourth-order valence-electron chi connectivity index (χ4n) is 7.81. The van der Waals surface area contributed by atoms with Gasteiger partial charge >= 0.3 is 6.85 Å². The Labute approximate surface area is 225 Å². The van der Waals surface area contributed by atoms with Gasteiger partial charge in [-0.3, -0.25) is 0 Å². The Balaban J connectivity index is 1.58. The number of para-hydroxylation sites is 1. The molecule has 1 aliphatic carbocycles. The minimum atomic E-state index is -1.84. The summed E-state index contributed by atoms with van der Waals surface area (Å²) < 4.78 is 2.71. The summed E-state index contributed by atoms with van der Waals surface area (Å²) in [6, 6.07) is 41.4. The van der Waals surface area contributed by atoms with Crippen LogP contribution in [0.15, 0.2) is 109 Å². The van der Waals surface area contributed by atoms with Crippen molar-refractivity contribution in [2.24, 2.45) is 0 Å². The molecule has 1 aliphatic heterocycles.